The molecule has 1 rings (SSSR count). The Morgan fingerprint density at radius 1 is 0.947 bits per heavy atom. The van der Waals surface area contributed by atoms with Crippen molar-refractivity contribution >= 4 is 11.6 Å². The minimum atomic E-state index is 0.267. The largest absolute Gasteiger partial charge is 0.316 e. The Balaban J connectivity index is 2.95. The van der Waals surface area contributed by atoms with E-state index in [2.05, 4.69) is 38.2 Å². The lowest BCUT2D eigenvalue weighted by atomic mass is 9.73. The fourth-order valence-corrected chi connectivity index (χ4v) is 3.08. The van der Waals surface area contributed by atoms with Gasteiger partial charge in [0, 0.05) is 17.0 Å². The smallest absolute Gasteiger partial charge is 0.0406 e. The minimum absolute atomic E-state index is 0.267. The zero-order chi connectivity index (χ0) is 14.1. The molecule has 0 unspecified atom stereocenters. The molecule has 0 aromatic heterocycles. The minimum Gasteiger partial charge on any atom is -0.316 e. The van der Waals surface area contributed by atoms with Crippen LogP contribution >= 0.6 is 11.6 Å². The van der Waals surface area contributed by atoms with Crippen LogP contribution in [0.1, 0.15) is 58.4 Å². The third-order valence-corrected chi connectivity index (χ3v) is 4.06. The fraction of sp³-hybridized carbons (Fsp3) is 0.647. The third-order valence-electron chi connectivity index (χ3n) is 3.80. The number of hydrogen-bond donors (Lipinski definition) is 1. The molecular weight excluding hydrogens is 254 g/mol. The predicted octanol–water partition coefficient (Wildman–Crippen LogP) is 5.18. The van der Waals surface area contributed by atoms with Crippen LogP contribution in [0.2, 0.25) is 5.02 Å². The fourth-order valence-electron chi connectivity index (χ4n) is 2.96. The summed E-state index contributed by atoms with van der Waals surface area (Å²) in [6, 6.07) is 8.47. The summed E-state index contributed by atoms with van der Waals surface area (Å²) >= 11 is 6.03. The van der Waals surface area contributed by atoms with Gasteiger partial charge in [-0.25, -0.2) is 0 Å². The predicted molar refractivity (Wildman–Crippen MR) is 86.1 cm³/mol. The molecule has 0 spiro atoms. The van der Waals surface area contributed by atoms with Crippen molar-refractivity contribution in [3.63, 3.8) is 0 Å². The molecular formula is C17H28ClN. The number of rotatable bonds is 9. The second-order valence-corrected chi connectivity index (χ2v) is 5.90. The summed E-state index contributed by atoms with van der Waals surface area (Å²) in [7, 11) is 0. The topological polar surface area (TPSA) is 12.0 Å². The van der Waals surface area contributed by atoms with Gasteiger partial charge < -0.3 is 5.32 Å². The maximum atomic E-state index is 6.03. The van der Waals surface area contributed by atoms with Crippen LogP contribution in [0.3, 0.4) is 0 Å². The highest BCUT2D eigenvalue weighted by atomic mass is 35.5. The summed E-state index contributed by atoms with van der Waals surface area (Å²) in [4.78, 5) is 0. The van der Waals surface area contributed by atoms with Crippen LogP contribution in [0.25, 0.3) is 0 Å². The molecule has 0 saturated carbocycles. The van der Waals surface area contributed by atoms with E-state index in [-0.39, 0.29) is 5.41 Å². The van der Waals surface area contributed by atoms with Crippen molar-refractivity contribution in [2.45, 2.75) is 58.3 Å². The van der Waals surface area contributed by atoms with Crippen LogP contribution < -0.4 is 5.32 Å². The molecule has 0 radical (unpaired) electrons. The van der Waals surface area contributed by atoms with E-state index in [1.807, 2.05) is 12.1 Å². The molecule has 0 heterocycles. The van der Waals surface area contributed by atoms with Crippen LogP contribution in [0.15, 0.2) is 24.3 Å². The maximum absolute atomic E-state index is 6.03. The molecule has 1 aromatic rings. The van der Waals surface area contributed by atoms with E-state index in [4.69, 9.17) is 11.6 Å². The van der Waals surface area contributed by atoms with Crippen molar-refractivity contribution < 1.29 is 0 Å². The first-order valence-electron chi connectivity index (χ1n) is 7.65. The van der Waals surface area contributed by atoms with Gasteiger partial charge in [-0.15, -0.1) is 0 Å². The average molecular weight is 282 g/mol. The second kappa shape index (κ2) is 8.60. The van der Waals surface area contributed by atoms with Gasteiger partial charge in [-0.05, 0) is 43.5 Å². The van der Waals surface area contributed by atoms with E-state index in [0.29, 0.717) is 0 Å². The molecule has 0 saturated heterocycles. The molecule has 0 aliphatic rings. The second-order valence-electron chi connectivity index (χ2n) is 5.46. The molecule has 0 amide bonds. The number of benzene rings is 1. The highest BCUT2D eigenvalue weighted by molar-refractivity contribution is 6.30. The van der Waals surface area contributed by atoms with Gasteiger partial charge in [-0.3, -0.25) is 0 Å². The highest BCUT2D eigenvalue weighted by Crippen LogP contribution is 2.34. The van der Waals surface area contributed by atoms with Crippen molar-refractivity contribution in [1.29, 1.82) is 0 Å². The van der Waals surface area contributed by atoms with Crippen molar-refractivity contribution in [1.82, 2.24) is 5.32 Å². The summed E-state index contributed by atoms with van der Waals surface area (Å²) < 4.78 is 0. The van der Waals surface area contributed by atoms with Crippen molar-refractivity contribution in [2.75, 3.05) is 13.1 Å². The Morgan fingerprint density at radius 3 is 2.00 bits per heavy atom. The first-order valence-corrected chi connectivity index (χ1v) is 8.03. The number of halogens is 1. The molecule has 108 valence electrons. The van der Waals surface area contributed by atoms with Gasteiger partial charge in [-0.1, -0.05) is 57.3 Å². The Bertz CT molecular complexity index is 339. The third kappa shape index (κ3) is 4.81. The zero-order valence-electron chi connectivity index (χ0n) is 12.6. The van der Waals surface area contributed by atoms with Crippen LogP contribution in [-0.4, -0.2) is 13.1 Å². The van der Waals surface area contributed by atoms with Crippen molar-refractivity contribution in [3.05, 3.63) is 34.9 Å². The molecule has 0 atom stereocenters. The quantitative estimate of drug-likeness (QED) is 0.615. The molecule has 2 heteroatoms. The summed E-state index contributed by atoms with van der Waals surface area (Å²) in [5.41, 5.74) is 1.70. The number of hydrogen-bond acceptors (Lipinski definition) is 1. The number of nitrogens with one attached hydrogen (secondary N) is 1. The van der Waals surface area contributed by atoms with Crippen LogP contribution in [-0.2, 0) is 5.41 Å². The van der Waals surface area contributed by atoms with E-state index in [0.717, 1.165) is 18.1 Å². The van der Waals surface area contributed by atoms with E-state index in [1.54, 1.807) is 0 Å². The molecule has 1 nitrogen and oxygen atoms in total. The van der Waals surface area contributed by atoms with Crippen molar-refractivity contribution in [2.24, 2.45) is 0 Å². The highest BCUT2D eigenvalue weighted by Gasteiger charge is 2.29. The van der Waals surface area contributed by atoms with E-state index in [1.165, 1.54) is 37.7 Å². The van der Waals surface area contributed by atoms with E-state index in [9.17, 15) is 0 Å². The van der Waals surface area contributed by atoms with Gasteiger partial charge in [0.1, 0.15) is 0 Å². The normalized spacial score (nSPS) is 11.8. The van der Waals surface area contributed by atoms with Crippen LogP contribution in [0, 0.1) is 0 Å². The van der Waals surface area contributed by atoms with Gasteiger partial charge in [0.15, 0.2) is 0 Å². The van der Waals surface area contributed by atoms with Crippen molar-refractivity contribution in [3.8, 4) is 0 Å². The molecule has 1 aromatic carbocycles. The summed E-state index contributed by atoms with van der Waals surface area (Å²) in [5.74, 6) is 0. The molecule has 0 aliphatic heterocycles. The van der Waals surface area contributed by atoms with E-state index < -0.39 is 0 Å². The molecule has 19 heavy (non-hydrogen) atoms. The Kier molecular flexibility index (Phi) is 7.48. The van der Waals surface area contributed by atoms with Gasteiger partial charge in [0.2, 0.25) is 0 Å². The molecule has 0 bridgehead atoms. The van der Waals surface area contributed by atoms with Crippen LogP contribution in [0.4, 0.5) is 0 Å². The lowest BCUT2D eigenvalue weighted by Crippen LogP contribution is -2.38. The SMILES string of the molecule is CCCNCC(CCC)(CCC)c1ccc(Cl)cc1. The van der Waals surface area contributed by atoms with E-state index >= 15 is 0 Å². The lowest BCUT2D eigenvalue weighted by Gasteiger charge is -2.35. The molecule has 0 aliphatic carbocycles. The van der Waals surface area contributed by atoms with Gasteiger partial charge in [0.25, 0.3) is 0 Å². The lowest BCUT2D eigenvalue weighted by molar-refractivity contribution is 0.335. The summed E-state index contributed by atoms with van der Waals surface area (Å²) in [6.07, 6.45) is 6.10. The maximum Gasteiger partial charge on any atom is 0.0406 e. The monoisotopic (exact) mass is 281 g/mol. The van der Waals surface area contributed by atoms with Gasteiger partial charge >= 0.3 is 0 Å². The summed E-state index contributed by atoms with van der Waals surface area (Å²) in [5, 5.41) is 4.45. The Morgan fingerprint density at radius 2 is 1.53 bits per heavy atom. The van der Waals surface area contributed by atoms with Crippen LogP contribution in [0.5, 0.6) is 0 Å². The Hall–Kier alpha value is -0.530. The standard InChI is InChI=1S/C17H28ClN/c1-4-11-17(12-5-2,14-19-13-6-3)15-7-9-16(18)10-8-15/h7-10,19H,4-6,11-14H2,1-3H3. The molecule has 0 fully saturated rings. The Labute approximate surface area is 123 Å². The first-order chi connectivity index (χ1) is 9.18. The zero-order valence-corrected chi connectivity index (χ0v) is 13.4. The van der Waals surface area contributed by atoms with Gasteiger partial charge in [0.05, 0.1) is 0 Å². The average Bonchev–Trinajstić information content (AvgIpc) is 2.40. The first kappa shape index (κ1) is 16.5. The molecule has 1 N–H and O–H groups in total. The summed E-state index contributed by atoms with van der Waals surface area (Å²) in [6.45, 7) is 8.95. The van der Waals surface area contributed by atoms with Gasteiger partial charge in [-0.2, -0.15) is 0 Å².